The van der Waals surface area contributed by atoms with Crippen molar-refractivity contribution in [3.8, 4) is 0 Å². The van der Waals surface area contributed by atoms with Gasteiger partial charge in [0.2, 0.25) is 0 Å². The Balaban J connectivity index is 2.01. The van der Waals surface area contributed by atoms with Crippen molar-refractivity contribution < 1.29 is 4.79 Å². The van der Waals surface area contributed by atoms with E-state index in [1.807, 2.05) is 49.1 Å². The van der Waals surface area contributed by atoms with Crippen molar-refractivity contribution in [2.75, 3.05) is 18.0 Å². The molecule has 0 radical (unpaired) electrons. The van der Waals surface area contributed by atoms with Crippen molar-refractivity contribution in [2.24, 2.45) is 0 Å². The minimum absolute atomic E-state index is 0.0867. The molecule has 1 amide bonds. The SMILES string of the molecule is Cc1ccc(C(=O)N2CCNCc3ccccc32)c(C)c1. The van der Waals surface area contributed by atoms with Crippen molar-refractivity contribution in [3.63, 3.8) is 0 Å². The van der Waals surface area contributed by atoms with Gasteiger partial charge >= 0.3 is 0 Å². The van der Waals surface area contributed by atoms with Crippen molar-refractivity contribution in [1.29, 1.82) is 0 Å². The molecule has 3 heteroatoms. The number of nitrogens with one attached hydrogen (secondary N) is 1. The summed E-state index contributed by atoms with van der Waals surface area (Å²) in [5.41, 5.74) is 5.20. The zero-order chi connectivity index (χ0) is 14.8. The van der Waals surface area contributed by atoms with Gasteiger partial charge in [0.25, 0.3) is 5.91 Å². The number of para-hydroxylation sites is 1. The lowest BCUT2D eigenvalue weighted by Gasteiger charge is -2.23. The van der Waals surface area contributed by atoms with Crippen LogP contribution in [-0.2, 0) is 6.54 Å². The summed E-state index contributed by atoms with van der Waals surface area (Å²) in [6, 6.07) is 14.1. The molecule has 1 heterocycles. The largest absolute Gasteiger partial charge is 0.311 e. The number of amides is 1. The van der Waals surface area contributed by atoms with Gasteiger partial charge in [0, 0.05) is 30.9 Å². The number of carbonyl (C=O) groups is 1. The van der Waals surface area contributed by atoms with E-state index < -0.39 is 0 Å². The highest BCUT2D eigenvalue weighted by Gasteiger charge is 2.22. The van der Waals surface area contributed by atoms with Crippen molar-refractivity contribution in [2.45, 2.75) is 20.4 Å². The Morgan fingerprint density at radius 3 is 2.76 bits per heavy atom. The highest BCUT2D eigenvalue weighted by molar-refractivity contribution is 6.07. The van der Waals surface area contributed by atoms with E-state index in [0.29, 0.717) is 6.54 Å². The molecule has 2 aromatic carbocycles. The molecule has 0 aromatic heterocycles. The number of nitrogens with zero attached hydrogens (tertiary/aromatic N) is 1. The molecular formula is C18H20N2O. The van der Waals surface area contributed by atoms with E-state index in [9.17, 15) is 4.79 Å². The van der Waals surface area contributed by atoms with Crippen LogP contribution >= 0.6 is 0 Å². The fourth-order valence-corrected chi connectivity index (χ4v) is 2.87. The molecule has 0 saturated carbocycles. The quantitative estimate of drug-likeness (QED) is 0.870. The van der Waals surface area contributed by atoms with E-state index in [1.54, 1.807) is 0 Å². The van der Waals surface area contributed by atoms with E-state index in [0.717, 1.165) is 29.9 Å². The van der Waals surface area contributed by atoms with Crippen LogP contribution in [0.4, 0.5) is 5.69 Å². The Morgan fingerprint density at radius 2 is 1.95 bits per heavy atom. The first-order chi connectivity index (χ1) is 10.2. The summed E-state index contributed by atoms with van der Waals surface area (Å²) >= 11 is 0. The predicted molar refractivity (Wildman–Crippen MR) is 85.7 cm³/mol. The van der Waals surface area contributed by atoms with Gasteiger partial charge in [0.15, 0.2) is 0 Å². The topological polar surface area (TPSA) is 32.3 Å². The second-order valence-electron chi connectivity index (χ2n) is 5.58. The molecule has 3 nitrogen and oxygen atoms in total. The Hall–Kier alpha value is -2.13. The Labute approximate surface area is 125 Å². The third kappa shape index (κ3) is 2.69. The molecule has 2 aromatic rings. The lowest BCUT2D eigenvalue weighted by Crippen LogP contribution is -2.35. The summed E-state index contributed by atoms with van der Waals surface area (Å²) < 4.78 is 0. The van der Waals surface area contributed by atoms with Gasteiger partial charge in [0.1, 0.15) is 0 Å². The number of aryl methyl sites for hydroxylation is 2. The third-order valence-corrected chi connectivity index (χ3v) is 3.97. The van der Waals surface area contributed by atoms with Crippen LogP contribution in [-0.4, -0.2) is 19.0 Å². The van der Waals surface area contributed by atoms with Gasteiger partial charge in [-0.15, -0.1) is 0 Å². The van der Waals surface area contributed by atoms with E-state index in [4.69, 9.17) is 0 Å². The van der Waals surface area contributed by atoms with Crippen LogP contribution in [0, 0.1) is 13.8 Å². The smallest absolute Gasteiger partial charge is 0.258 e. The molecule has 0 unspecified atom stereocenters. The van der Waals surface area contributed by atoms with E-state index in [-0.39, 0.29) is 5.91 Å². The second kappa shape index (κ2) is 5.70. The molecule has 0 spiro atoms. The Bertz CT molecular complexity index is 679. The van der Waals surface area contributed by atoms with Crippen LogP contribution in [0.2, 0.25) is 0 Å². The monoisotopic (exact) mass is 280 g/mol. The van der Waals surface area contributed by atoms with Crippen LogP contribution in [0.15, 0.2) is 42.5 Å². The van der Waals surface area contributed by atoms with Crippen LogP contribution in [0.5, 0.6) is 0 Å². The maximum atomic E-state index is 12.9. The van der Waals surface area contributed by atoms with Crippen LogP contribution < -0.4 is 10.2 Å². The highest BCUT2D eigenvalue weighted by atomic mass is 16.2. The van der Waals surface area contributed by atoms with Crippen LogP contribution in [0.25, 0.3) is 0 Å². The molecule has 0 saturated heterocycles. The van der Waals surface area contributed by atoms with Crippen LogP contribution in [0.1, 0.15) is 27.0 Å². The van der Waals surface area contributed by atoms with E-state index in [1.165, 1.54) is 11.1 Å². The zero-order valence-corrected chi connectivity index (χ0v) is 12.5. The first kappa shape index (κ1) is 13.8. The molecule has 1 N–H and O–H groups in total. The first-order valence-corrected chi connectivity index (χ1v) is 7.34. The number of anilines is 1. The van der Waals surface area contributed by atoms with Gasteiger partial charge in [-0.1, -0.05) is 35.9 Å². The number of hydrogen-bond acceptors (Lipinski definition) is 2. The summed E-state index contributed by atoms with van der Waals surface area (Å²) in [5, 5.41) is 3.37. The average molecular weight is 280 g/mol. The summed E-state index contributed by atoms with van der Waals surface area (Å²) in [6.07, 6.45) is 0. The average Bonchev–Trinajstić information content (AvgIpc) is 2.69. The van der Waals surface area contributed by atoms with Crippen molar-refractivity contribution in [1.82, 2.24) is 5.32 Å². The fraction of sp³-hybridized carbons (Fsp3) is 0.278. The maximum absolute atomic E-state index is 12.9. The lowest BCUT2D eigenvalue weighted by molar-refractivity contribution is 0.0987. The maximum Gasteiger partial charge on any atom is 0.258 e. The van der Waals surface area contributed by atoms with Crippen LogP contribution in [0.3, 0.4) is 0 Å². The number of fused-ring (bicyclic) bond motifs is 1. The van der Waals surface area contributed by atoms with Gasteiger partial charge in [0.05, 0.1) is 0 Å². The minimum Gasteiger partial charge on any atom is -0.311 e. The number of carbonyl (C=O) groups excluding carboxylic acids is 1. The van der Waals surface area contributed by atoms with Gasteiger partial charge in [-0.2, -0.15) is 0 Å². The summed E-state index contributed by atoms with van der Waals surface area (Å²) in [7, 11) is 0. The number of hydrogen-bond donors (Lipinski definition) is 1. The zero-order valence-electron chi connectivity index (χ0n) is 12.5. The molecular weight excluding hydrogens is 260 g/mol. The molecule has 108 valence electrons. The molecule has 3 rings (SSSR count). The molecule has 1 aliphatic rings. The van der Waals surface area contributed by atoms with Gasteiger partial charge in [-0.3, -0.25) is 4.79 Å². The Morgan fingerprint density at radius 1 is 1.14 bits per heavy atom. The standard InChI is InChI=1S/C18H20N2O/c1-13-7-8-16(14(2)11-13)18(21)20-10-9-19-12-15-5-3-4-6-17(15)20/h3-8,11,19H,9-10,12H2,1-2H3. The predicted octanol–water partition coefficient (Wildman–Crippen LogP) is 3.05. The summed E-state index contributed by atoms with van der Waals surface area (Å²) in [6.45, 7) is 6.37. The van der Waals surface area contributed by atoms with Gasteiger partial charge in [-0.25, -0.2) is 0 Å². The summed E-state index contributed by atoms with van der Waals surface area (Å²) in [5.74, 6) is 0.0867. The number of rotatable bonds is 1. The molecule has 0 aliphatic carbocycles. The second-order valence-corrected chi connectivity index (χ2v) is 5.58. The third-order valence-electron chi connectivity index (χ3n) is 3.97. The van der Waals surface area contributed by atoms with E-state index >= 15 is 0 Å². The normalized spacial score (nSPS) is 14.5. The molecule has 0 bridgehead atoms. The Kier molecular flexibility index (Phi) is 3.76. The first-order valence-electron chi connectivity index (χ1n) is 7.34. The number of benzene rings is 2. The minimum atomic E-state index is 0.0867. The van der Waals surface area contributed by atoms with Crippen molar-refractivity contribution in [3.05, 3.63) is 64.7 Å². The lowest BCUT2D eigenvalue weighted by atomic mass is 10.0. The van der Waals surface area contributed by atoms with Crippen molar-refractivity contribution >= 4 is 11.6 Å². The summed E-state index contributed by atoms with van der Waals surface area (Å²) in [4.78, 5) is 14.8. The molecule has 0 fully saturated rings. The van der Waals surface area contributed by atoms with Gasteiger partial charge < -0.3 is 10.2 Å². The molecule has 21 heavy (non-hydrogen) atoms. The van der Waals surface area contributed by atoms with E-state index in [2.05, 4.69) is 17.4 Å². The van der Waals surface area contributed by atoms with Gasteiger partial charge in [-0.05, 0) is 37.1 Å². The molecule has 1 aliphatic heterocycles. The fourth-order valence-electron chi connectivity index (χ4n) is 2.87. The molecule has 0 atom stereocenters. The highest BCUT2D eigenvalue weighted by Crippen LogP contribution is 2.25.